The van der Waals surface area contributed by atoms with Crippen LogP contribution < -0.4 is 5.73 Å². The Bertz CT molecular complexity index is 645. The summed E-state index contributed by atoms with van der Waals surface area (Å²) in [6.07, 6.45) is -1.03. The van der Waals surface area contributed by atoms with Gasteiger partial charge < -0.3 is 19.9 Å². The number of esters is 1. The number of allylic oxidation sites excluding steroid dienone is 1. The topological polar surface area (TPSA) is 121 Å². The average molecular weight is 432 g/mol. The van der Waals surface area contributed by atoms with Crippen molar-refractivity contribution in [3.8, 4) is 0 Å². The first-order valence-electron chi connectivity index (χ1n) is 9.51. The van der Waals surface area contributed by atoms with Gasteiger partial charge in [0.2, 0.25) is 0 Å². The molecule has 10 heteroatoms. The number of amidine groups is 1. The van der Waals surface area contributed by atoms with Gasteiger partial charge in [-0.1, -0.05) is 6.08 Å². The fourth-order valence-corrected chi connectivity index (χ4v) is 2.10. The normalized spacial score (nSPS) is 14.0. The third kappa shape index (κ3) is 11.4. The van der Waals surface area contributed by atoms with Gasteiger partial charge in [0.15, 0.2) is 0 Å². The predicted octanol–water partition coefficient (Wildman–Crippen LogP) is 3.71. The first-order valence-corrected chi connectivity index (χ1v) is 9.51. The molecule has 0 radical (unpaired) electrons. The largest absolute Gasteiger partial charge is 0.467 e. The summed E-state index contributed by atoms with van der Waals surface area (Å²) in [5.41, 5.74) is 3.51. The van der Waals surface area contributed by atoms with Crippen LogP contribution in [0.5, 0.6) is 0 Å². The lowest BCUT2D eigenvalue weighted by atomic mass is 10.1. The number of amides is 2. The zero-order valence-electron chi connectivity index (χ0n) is 19.1. The first-order chi connectivity index (χ1) is 13.6. The van der Waals surface area contributed by atoms with Gasteiger partial charge in [-0.25, -0.2) is 18.8 Å². The number of hydrogen-bond donors (Lipinski definition) is 1. The fourth-order valence-electron chi connectivity index (χ4n) is 2.10. The molecule has 0 bridgehead atoms. The Morgan fingerprint density at radius 2 is 1.53 bits per heavy atom. The van der Waals surface area contributed by atoms with Crippen LogP contribution in [0.1, 0.15) is 61.3 Å². The lowest BCUT2D eigenvalue weighted by Crippen LogP contribution is -2.52. The number of aliphatic imine (C=N–C) groups is 1. The highest BCUT2D eigenvalue weighted by Crippen LogP contribution is 2.20. The maximum absolute atomic E-state index is 13.8. The number of halogens is 1. The number of methoxy groups -OCH3 is 1. The van der Waals surface area contributed by atoms with E-state index in [0.29, 0.717) is 4.90 Å². The molecule has 30 heavy (non-hydrogen) atoms. The molecule has 1 atom stereocenters. The summed E-state index contributed by atoms with van der Waals surface area (Å²) in [7, 11) is 1.12. The van der Waals surface area contributed by atoms with Gasteiger partial charge in [0.05, 0.1) is 19.5 Å². The second kappa shape index (κ2) is 11.5. The van der Waals surface area contributed by atoms with Crippen LogP contribution in [0.2, 0.25) is 0 Å². The molecule has 0 aromatic rings. The Morgan fingerprint density at radius 3 is 1.90 bits per heavy atom. The summed E-state index contributed by atoms with van der Waals surface area (Å²) in [5, 5.41) is 0. The van der Waals surface area contributed by atoms with Crippen molar-refractivity contribution < 1.29 is 33.0 Å². The molecule has 0 aliphatic heterocycles. The monoisotopic (exact) mass is 431 g/mol. The quantitative estimate of drug-likeness (QED) is 0.282. The number of carbonyl (C=O) groups excluding carboxylic acids is 3. The first kappa shape index (κ1) is 27.4. The van der Waals surface area contributed by atoms with Gasteiger partial charge in [-0.3, -0.25) is 4.99 Å². The summed E-state index contributed by atoms with van der Waals surface area (Å²) in [6.45, 7) is 11.0. The maximum Gasteiger partial charge on any atom is 0.420 e. The molecule has 2 amide bonds. The van der Waals surface area contributed by atoms with Gasteiger partial charge in [-0.05, 0) is 61.3 Å². The molecule has 0 aromatic carbocycles. The summed E-state index contributed by atoms with van der Waals surface area (Å²) in [6, 6.07) is -1.37. The second-order valence-electron chi connectivity index (χ2n) is 8.56. The van der Waals surface area contributed by atoms with E-state index in [9.17, 15) is 18.8 Å². The molecule has 0 spiro atoms. The van der Waals surface area contributed by atoms with Crippen LogP contribution in [0.15, 0.2) is 16.9 Å². The molecule has 0 saturated carbocycles. The Kier molecular flexibility index (Phi) is 10.5. The zero-order valence-corrected chi connectivity index (χ0v) is 19.1. The highest BCUT2D eigenvalue weighted by molar-refractivity contribution is 5.94. The van der Waals surface area contributed by atoms with Crippen molar-refractivity contribution in [2.24, 2.45) is 10.7 Å². The van der Waals surface area contributed by atoms with Crippen molar-refractivity contribution in [1.82, 2.24) is 4.90 Å². The molecule has 172 valence electrons. The Morgan fingerprint density at radius 1 is 1.07 bits per heavy atom. The van der Waals surface area contributed by atoms with Crippen LogP contribution in [0.3, 0.4) is 0 Å². The number of hydrogen-bond acceptors (Lipinski definition) is 7. The minimum Gasteiger partial charge on any atom is -0.467 e. The third-order valence-corrected chi connectivity index (χ3v) is 3.25. The van der Waals surface area contributed by atoms with Crippen LogP contribution in [-0.2, 0) is 19.0 Å². The van der Waals surface area contributed by atoms with Crippen molar-refractivity contribution >= 4 is 24.0 Å². The van der Waals surface area contributed by atoms with Crippen molar-refractivity contribution in [3.05, 3.63) is 11.9 Å². The molecule has 0 saturated heterocycles. The molecular weight excluding hydrogens is 397 g/mol. The fraction of sp³-hybridized carbons (Fsp3) is 0.700. The number of rotatable bonds is 7. The Balaban J connectivity index is 5.75. The van der Waals surface area contributed by atoms with Crippen molar-refractivity contribution in [3.63, 3.8) is 0 Å². The number of carbonyl (C=O) groups is 3. The Hall–Kier alpha value is -2.65. The maximum atomic E-state index is 13.8. The van der Waals surface area contributed by atoms with Crippen LogP contribution in [0.4, 0.5) is 14.0 Å². The van der Waals surface area contributed by atoms with Crippen molar-refractivity contribution in [2.75, 3.05) is 13.7 Å². The third-order valence-electron chi connectivity index (χ3n) is 3.25. The van der Waals surface area contributed by atoms with E-state index in [1.54, 1.807) is 41.5 Å². The number of nitrogens with zero attached hydrogens (tertiary/aromatic N) is 2. The highest BCUT2D eigenvalue weighted by Gasteiger charge is 2.40. The molecular formula is C20H34FN3O6. The van der Waals surface area contributed by atoms with Crippen LogP contribution >= 0.6 is 0 Å². The van der Waals surface area contributed by atoms with Gasteiger partial charge >= 0.3 is 18.2 Å². The summed E-state index contributed by atoms with van der Waals surface area (Å²) < 4.78 is 29.1. The smallest absolute Gasteiger partial charge is 0.420 e. The lowest BCUT2D eigenvalue weighted by Gasteiger charge is -2.32. The molecule has 0 unspecified atom stereocenters. The lowest BCUT2D eigenvalue weighted by molar-refractivity contribution is -0.146. The summed E-state index contributed by atoms with van der Waals surface area (Å²) in [5.74, 6) is -1.20. The van der Waals surface area contributed by atoms with Crippen LogP contribution in [0, 0.1) is 0 Å². The van der Waals surface area contributed by atoms with E-state index in [-0.39, 0.29) is 25.2 Å². The highest BCUT2D eigenvalue weighted by atomic mass is 19.1. The van der Waals surface area contributed by atoms with E-state index < -0.39 is 41.2 Å². The molecule has 0 aromatic heterocycles. The molecule has 0 heterocycles. The van der Waals surface area contributed by atoms with Crippen LogP contribution in [-0.4, -0.2) is 59.8 Å². The van der Waals surface area contributed by atoms with E-state index in [0.717, 1.165) is 7.11 Å². The molecule has 0 fully saturated rings. The molecule has 0 rings (SSSR count). The van der Waals surface area contributed by atoms with Crippen LogP contribution in [0.25, 0.3) is 0 Å². The molecule has 0 aliphatic carbocycles. The van der Waals surface area contributed by atoms with E-state index in [1.807, 2.05) is 0 Å². The summed E-state index contributed by atoms with van der Waals surface area (Å²) >= 11 is 0. The van der Waals surface area contributed by atoms with Gasteiger partial charge in [0.1, 0.15) is 23.1 Å². The number of nitrogens with two attached hydrogens (primary N) is 1. The number of imide groups is 1. The second-order valence-corrected chi connectivity index (χ2v) is 8.56. The van der Waals surface area contributed by atoms with E-state index in [4.69, 9.17) is 19.9 Å². The van der Waals surface area contributed by atoms with Gasteiger partial charge in [0.25, 0.3) is 0 Å². The van der Waals surface area contributed by atoms with Crippen molar-refractivity contribution in [1.29, 1.82) is 0 Å². The molecule has 2 N–H and O–H groups in total. The predicted molar refractivity (Wildman–Crippen MR) is 111 cm³/mol. The minimum atomic E-state index is -1.37. The SMILES string of the molecule is COC(=O)[C@H](CCC=C(F)CN=C(C)N)N(C(=O)OC(C)(C)C)C(=O)OC(C)(C)C. The minimum absolute atomic E-state index is 0.0207. The van der Waals surface area contributed by atoms with Gasteiger partial charge in [-0.15, -0.1) is 0 Å². The van der Waals surface area contributed by atoms with Crippen molar-refractivity contribution in [2.45, 2.75) is 78.6 Å². The Labute approximate surface area is 177 Å². The van der Waals surface area contributed by atoms with E-state index in [1.165, 1.54) is 13.0 Å². The number of ether oxygens (including phenoxy) is 3. The standard InChI is InChI=1S/C20H34FN3O6/c1-13(22)23-12-14(21)10-9-11-15(16(25)28-8)24(17(26)29-19(2,3)4)18(27)30-20(5,6)7/h10,15H,9,11-12H2,1-8H3,(H2,22,23)/t15-/m0/s1. The average Bonchev–Trinajstić information content (AvgIpc) is 2.54. The van der Waals surface area contributed by atoms with Gasteiger partial charge in [-0.2, -0.15) is 4.90 Å². The summed E-state index contributed by atoms with van der Waals surface area (Å²) in [4.78, 5) is 42.1. The molecule has 0 aliphatic rings. The van der Waals surface area contributed by atoms with Gasteiger partial charge in [0, 0.05) is 0 Å². The van der Waals surface area contributed by atoms with E-state index in [2.05, 4.69) is 4.99 Å². The zero-order chi connectivity index (χ0) is 23.7. The molecule has 9 nitrogen and oxygen atoms in total. The van der Waals surface area contributed by atoms with E-state index >= 15 is 0 Å².